The Balaban J connectivity index is 2.31. The van der Waals surface area contributed by atoms with Gasteiger partial charge in [0.2, 0.25) is 0 Å². The molecule has 51 valence electrons. The number of rotatable bonds is 1. The topological polar surface area (TPSA) is 46.3 Å². The van der Waals surface area contributed by atoms with Gasteiger partial charge in [-0.2, -0.15) is 0 Å². The van der Waals surface area contributed by atoms with E-state index in [1.807, 2.05) is 6.41 Å². The fourth-order valence-electron chi connectivity index (χ4n) is 1.09. The normalized spacial score (nSPS) is 28.1. The standard InChI is InChI=1S/C6H11N2O/c7-6-2-1-3-8(4-6)5-9/h6H,1-4,7H2. The van der Waals surface area contributed by atoms with Crippen LogP contribution < -0.4 is 5.73 Å². The van der Waals surface area contributed by atoms with Crippen molar-refractivity contribution in [2.45, 2.75) is 18.9 Å². The average molecular weight is 127 g/mol. The third kappa shape index (κ3) is 1.68. The molecule has 1 amide bonds. The maximum Gasteiger partial charge on any atom is 0.312 e. The summed E-state index contributed by atoms with van der Waals surface area (Å²) in [5, 5.41) is 0. The van der Waals surface area contributed by atoms with Crippen molar-refractivity contribution in [1.29, 1.82) is 0 Å². The monoisotopic (exact) mass is 127 g/mol. The molecule has 1 aliphatic rings. The zero-order valence-electron chi connectivity index (χ0n) is 5.34. The molecule has 1 rings (SSSR count). The van der Waals surface area contributed by atoms with Gasteiger partial charge in [-0.25, -0.2) is 0 Å². The second-order valence-corrected chi connectivity index (χ2v) is 2.44. The number of hydrogen-bond acceptors (Lipinski definition) is 2. The van der Waals surface area contributed by atoms with Crippen LogP contribution in [0.4, 0.5) is 0 Å². The van der Waals surface area contributed by atoms with Crippen molar-refractivity contribution >= 4 is 6.41 Å². The first-order valence-corrected chi connectivity index (χ1v) is 3.21. The summed E-state index contributed by atoms with van der Waals surface area (Å²) in [6.07, 6.45) is 3.90. The van der Waals surface area contributed by atoms with Gasteiger partial charge in [0.25, 0.3) is 0 Å². The Labute approximate surface area is 54.8 Å². The lowest BCUT2D eigenvalue weighted by atomic mass is 10.1. The largest absolute Gasteiger partial charge is 0.333 e. The second-order valence-electron chi connectivity index (χ2n) is 2.44. The lowest BCUT2D eigenvalue weighted by molar-refractivity contribution is 0.294. The minimum absolute atomic E-state index is 0.181. The van der Waals surface area contributed by atoms with Crippen molar-refractivity contribution in [1.82, 2.24) is 4.90 Å². The van der Waals surface area contributed by atoms with Crippen molar-refractivity contribution in [3.8, 4) is 0 Å². The molecule has 0 aromatic rings. The first-order chi connectivity index (χ1) is 4.33. The van der Waals surface area contributed by atoms with Gasteiger partial charge in [-0.15, -0.1) is 0 Å². The van der Waals surface area contributed by atoms with Gasteiger partial charge in [-0.05, 0) is 12.8 Å². The summed E-state index contributed by atoms with van der Waals surface area (Å²) in [6, 6.07) is 0.181. The minimum atomic E-state index is 0.181. The Kier molecular flexibility index (Phi) is 2.05. The molecule has 1 aliphatic heterocycles. The van der Waals surface area contributed by atoms with E-state index in [1.54, 1.807) is 4.90 Å². The Morgan fingerprint density at radius 2 is 2.44 bits per heavy atom. The molecule has 9 heavy (non-hydrogen) atoms. The van der Waals surface area contributed by atoms with Gasteiger partial charge < -0.3 is 10.6 Å². The smallest absolute Gasteiger partial charge is 0.312 e. The predicted octanol–water partition coefficient (Wildman–Crippen LogP) is -0.523. The molecule has 1 fully saturated rings. The summed E-state index contributed by atoms with van der Waals surface area (Å²) in [6.45, 7) is 1.51. The molecule has 3 nitrogen and oxygen atoms in total. The summed E-state index contributed by atoms with van der Waals surface area (Å²) in [5.41, 5.74) is 5.58. The fourth-order valence-corrected chi connectivity index (χ4v) is 1.09. The minimum Gasteiger partial charge on any atom is -0.333 e. The van der Waals surface area contributed by atoms with Crippen molar-refractivity contribution in [3.63, 3.8) is 0 Å². The van der Waals surface area contributed by atoms with Crippen LogP contribution in [0.2, 0.25) is 0 Å². The van der Waals surface area contributed by atoms with Crippen LogP contribution in [0.25, 0.3) is 0 Å². The predicted molar refractivity (Wildman–Crippen MR) is 34.5 cm³/mol. The lowest BCUT2D eigenvalue weighted by Crippen LogP contribution is -2.41. The molecule has 1 saturated heterocycles. The molecule has 0 bridgehead atoms. The van der Waals surface area contributed by atoms with E-state index in [1.165, 1.54) is 0 Å². The van der Waals surface area contributed by atoms with Crippen molar-refractivity contribution in [3.05, 3.63) is 0 Å². The van der Waals surface area contributed by atoms with E-state index in [0.717, 1.165) is 19.4 Å². The molecule has 1 atom stereocenters. The summed E-state index contributed by atoms with van der Waals surface area (Å²) in [7, 11) is 0. The number of nitrogens with two attached hydrogens (primary N) is 1. The van der Waals surface area contributed by atoms with E-state index in [0.29, 0.717) is 6.54 Å². The van der Waals surface area contributed by atoms with Crippen LogP contribution in [0.3, 0.4) is 0 Å². The van der Waals surface area contributed by atoms with Crippen LogP contribution in [0.5, 0.6) is 0 Å². The molecule has 1 heterocycles. The van der Waals surface area contributed by atoms with E-state index >= 15 is 0 Å². The SMILES string of the molecule is NC1CCCN([C]=O)C1. The number of hydrogen-bond donors (Lipinski definition) is 1. The van der Waals surface area contributed by atoms with Gasteiger partial charge in [0.05, 0.1) is 0 Å². The molecule has 0 aromatic heterocycles. The van der Waals surface area contributed by atoms with Crippen LogP contribution in [-0.2, 0) is 4.79 Å². The number of carbonyl (C=O) groups excluding carboxylic acids is 1. The van der Waals surface area contributed by atoms with Crippen molar-refractivity contribution in [2.75, 3.05) is 13.1 Å². The third-order valence-electron chi connectivity index (χ3n) is 1.59. The fraction of sp³-hybridized carbons (Fsp3) is 0.833. The van der Waals surface area contributed by atoms with Gasteiger partial charge in [-0.3, -0.25) is 4.79 Å². The van der Waals surface area contributed by atoms with Crippen molar-refractivity contribution < 1.29 is 4.79 Å². The van der Waals surface area contributed by atoms with Crippen LogP contribution in [-0.4, -0.2) is 30.4 Å². The highest BCUT2D eigenvalue weighted by Crippen LogP contribution is 2.04. The van der Waals surface area contributed by atoms with Gasteiger partial charge in [-0.1, -0.05) is 0 Å². The van der Waals surface area contributed by atoms with E-state index < -0.39 is 0 Å². The summed E-state index contributed by atoms with van der Waals surface area (Å²) in [5.74, 6) is 0. The number of amides is 1. The highest BCUT2D eigenvalue weighted by Gasteiger charge is 2.14. The Bertz CT molecular complexity index is 105. The van der Waals surface area contributed by atoms with Crippen molar-refractivity contribution in [2.24, 2.45) is 5.73 Å². The number of piperidine rings is 1. The van der Waals surface area contributed by atoms with Gasteiger partial charge in [0, 0.05) is 19.1 Å². The third-order valence-corrected chi connectivity index (χ3v) is 1.59. The molecule has 1 radical (unpaired) electrons. The Morgan fingerprint density at radius 3 is 2.89 bits per heavy atom. The van der Waals surface area contributed by atoms with Gasteiger partial charge in [0.15, 0.2) is 0 Å². The zero-order chi connectivity index (χ0) is 6.69. The summed E-state index contributed by atoms with van der Waals surface area (Å²) in [4.78, 5) is 11.7. The van der Waals surface area contributed by atoms with E-state index in [9.17, 15) is 4.79 Å². The highest BCUT2D eigenvalue weighted by molar-refractivity contribution is 5.48. The van der Waals surface area contributed by atoms with Gasteiger partial charge in [0.1, 0.15) is 0 Å². The van der Waals surface area contributed by atoms with Crippen LogP contribution in [0.15, 0.2) is 0 Å². The average Bonchev–Trinajstić information content (AvgIpc) is 1.88. The molecule has 0 aliphatic carbocycles. The molecule has 0 saturated carbocycles. The Hall–Kier alpha value is -0.570. The molecule has 1 unspecified atom stereocenters. The molecule has 0 aromatic carbocycles. The lowest BCUT2D eigenvalue weighted by Gasteiger charge is -2.26. The Morgan fingerprint density at radius 1 is 1.67 bits per heavy atom. The molecule has 2 N–H and O–H groups in total. The van der Waals surface area contributed by atoms with E-state index in [-0.39, 0.29) is 6.04 Å². The molecule has 3 heteroatoms. The zero-order valence-corrected chi connectivity index (χ0v) is 5.34. The molecular formula is C6H11N2O. The quantitative estimate of drug-likeness (QED) is 0.515. The first-order valence-electron chi connectivity index (χ1n) is 3.21. The molecule has 0 spiro atoms. The van der Waals surface area contributed by atoms with E-state index in [4.69, 9.17) is 5.73 Å². The van der Waals surface area contributed by atoms with Gasteiger partial charge >= 0.3 is 6.41 Å². The van der Waals surface area contributed by atoms with Crippen LogP contribution >= 0.6 is 0 Å². The second kappa shape index (κ2) is 2.82. The summed E-state index contributed by atoms with van der Waals surface area (Å²) >= 11 is 0. The van der Waals surface area contributed by atoms with Crippen LogP contribution in [0.1, 0.15) is 12.8 Å². The van der Waals surface area contributed by atoms with Crippen LogP contribution in [0, 0.1) is 0 Å². The first kappa shape index (κ1) is 6.55. The number of likely N-dealkylation sites (tertiary alicyclic amines) is 1. The number of nitrogens with zero attached hydrogens (tertiary/aromatic N) is 1. The highest BCUT2D eigenvalue weighted by atomic mass is 16.1. The van der Waals surface area contributed by atoms with E-state index in [2.05, 4.69) is 0 Å². The summed E-state index contributed by atoms with van der Waals surface area (Å²) < 4.78 is 0. The maximum atomic E-state index is 10.1. The maximum absolute atomic E-state index is 10.1. The molecular weight excluding hydrogens is 116 g/mol.